The Morgan fingerprint density at radius 3 is 2.90 bits per heavy atom. The van der Waals surface area contributed by atoms with E-state index in [4.69, 9.17) is 26.4 Å². The molecule has 0 bridgehead atoms. The number of esters is 1. The molecule has 0 amide bonds. The Hall–Kier alpha value is -2.02. The van der Waals surface area contributed by atoms with Crippen molar-refractivity contribution >= 4 is 23.3 Å². The molecule has 0 aliphatic carbocycles. The minimum atomic E-state index is -0.320. The van der Waals surface area contributed by atoms with Crippen LogP contribution in [0.4, 0.5) is 0 Å². The molecule has 0 fully saturated rings. The van der Waals surface area contributed by atoms with Crippen molar-refractivity contribution in [2.75, 3.05) is 21.0 Å². The monoisotopic (exact) mass is 296 g/mol. The average molecular weight is 296 g/mol. The number of rotatable bonds is 4. The first-order valence-electron chi connectivity index (χ1n) is 6.08. The van der Waals surface area contributed by atoms with Crippen molar-refractivity contribution in [2.45, 2.75) is 12.5 Å². The fourth-order valence-corrected chi connectivity index (χ4v) is 2.00. The average Bonchev–Trinajstić information content (AvgIpc) is 2.93. The van der Waals surface area contributed by atoms with E-state index < -0.39 is 0 Å². The Labute approximate surface area is 122 Å². The van der Waals surface area contributed by atoms with Crippen molar-refractivity contribution in [2.24, 2.45) is 0 Å². The maximum atomic E-state index is 11.5. The van der Waals surface area contributed by atoms with Gasteiger partial charge < -0.3 is 24.8 Å². The molecule has 0 radical (unpaired) electrons. The molecule has 1 aromatic carbocycles. The lowest BCUT2D eigenvalue weighted by Crippen LogP contribution is -2.36. The first kappa shape index (κ1) is 14.4. The van der Waals surface area contributed by atoms with E-state index in [1.54, 1.807) is 7.05 Å². The molecule has 20 heavy (non-hydrogen) atoms. The number of carbonyl (C=O) groups is 1. The molecule has 0 spiro atoms. The summed E-state index contributed by atoms with van der Waals surface area (Å²) in [7, 11) is 3.07. The highest BCUT2D eigenvalue weighted by atomic mass is 32.1. The van der Waals surface area contributed by atoms with E-state index in [-0.39, 0.29) is 25.2 Å². The third kappa shape index (κ3) is 3.30. The van der Waals surface area contributed by atoms with Crippen LogP contribution in [0.15, 0.2) is 18.2 Å². The number of ether oxygens (including phenoxy) is 3. The zero-order valence-corrected chi connectivity index (χ0v) is 12.1. The molecule has 1 aliphatic heterocycles. The molecule has 0 saturated heterocycles. The quantitative estimate of drug-likeness (QED) is 0.637. The molecular weight excluding hydrogens is 280 g/mol. The highest BCUT2D eigenvalue weighted by Gasteiger charge is 2.21. The summed E-state index contributed by atoms with van der Waals surface area (Å²) in [6, 6.07) is 5.22. The summed E-state index contributed by atoms with van der Waals surface area (Å²) in [5, 5.41) is 6.34. The number of hydrogen-bond acceptors (Lipinski definition) is 5. The van der Waals surface area contributed by atoms with Crippen LogP contribution in [0.2, 0.25) is 0 Å². The molecule has 1 aromatic rings. The van der Waals surface area contributed by atoms with Gasteiger partial charge in [-0.1, -0.05) is 6.07 Å². The molecule has 0 saturated carbocycles. The summed E-state index contributed by atoms with van der Waals surface area (Å²) in [6.07, 6.45) is 0.165. The summed E-state index contributed by atoms with van der Waals surface area (Å²) < 4.78 is 15.3. The number of methoxy groups -OCH3 is 1. The van der Waals surface area contributed by atoms with Gasteiger partial charge in [0.15, 0.2) is 16.6 Å². The van der Waals surface area contributed by atoms with Crippen LogP contribution in [0.5, 0.6) is 11.5 Å². The van der Waals surface area contributed by atoms with Crippen molar-refractivity contribution in [1.82, 2.24) is 10.6 Å². The van der Waals surface area contributed by atoms with E-state index in [0.717, 1.165) is 5.56 Å². The minimum Gasteiger partial charge on any atom is -0.469 e. The number of benzene rings is 1. The van der Waals surface area contributed by atoms with E-state index in [0.29, 0.717) is 16.6 Å². The van der Waals surface area contributed by atoms with Crippen LogP contribution in [0.25, 0.3) is 0 Å². The maximum absolute atomic E-state index is 11.5. The van der Waals surface area contributed by atoms with Gasteiger partial charge >= 0.3 is 5.97 Å². The lowest BCUT2D eigenvalue weighted by molar-refractivity contribution is -0.141. The molecule has 1 atom stereocenters. The Bertz CT molecular complexity index is 503. The SMILES string of the molecule is CNC(=S)N[C@H](CC(=O)OC)c1ccc2c(c1)OCO2. The van der Waals surface area contributed by atoms with Gasteiger partial charge in [0.05, 0.1) is 19.6 Å². The van der Waals surface area contributed by atoms with Crippen molar-refractivity contribution in [3.05, 3.63) is 23.8 Å². The second kappa shape index (κ2) is 6.42. The van der Waals surface area contributed by atoms with Gasteiger partial charge in [-0.2, -0.15) is 0 Å². The Balaban J connectivity index is 2.20. The van der Waals surface area contributed by atoms with Crippen LogP contribution in [0.3, 0.4) is 0 Å². The van der Waals surface area contributed by atoms with Gasteiger partial charge in [-0.15, -0.1) is 0 Å². The second-order valence-corrected chi connectivity index (χ2v) is 4.58. The minimum absolute atomic E-state index is 0.165. The molecule has 2 N–H and O–H groups in total. The standard InChI is InChI=1S/C13H16N2O4S/c1-14-13(20)15-9(6-12(16)17-2)8-3-4-10-11(5-8)19-7-18-10/h3-5,9H,6-7H2,1-2H3,(H2,14,15,20)/t9-/m1/s1. The maximum Gasteiger partial charge on any atom is 0.307 e. The van der Waals surface area contributed by atoms with E-state index in [1.807, 2.05) is 18.2 Å². The second-order valence-electron chi connectivity index (χ2n) is 4.17. The van der Waals surface area contributed by atoms with Gasteiger partial charge in [0.25, 0.3) is 0 Å². The summed E-state index contributed by atoms with van der Waals surface area (Å²) in [4.78, 5) is 11.5. The van der Waals surface area contributed by atoms with Crippen LogP contribution < -0.4 is 20.1 Å². The number of nitrogens with one attached hydrogen (secondary N) is 2. The zero-order valence-electron chi connectivity index (χ0n) is 11.3. The molecule has 0 aromatic heterocycles. The smallest absolute Gasteiger partial charge is 0.307 e. The number of fused-ring (bicyclic) bond motifs is 1. The van der Waals surface area contributed by atoms with Crippen LogP contribution in [0, 0.1) is 0 Å². The van der Waals surface area contributed by atoms with Crippen LogP contribution in [-0.2, 0) is 9.53 Å². The van der Waals surface area contributed by atoms with E-state index in [1.165, 1.54) is 7.11 Å². The molecule has 6 nitrogen and oxygen atoms in total. The Morgan fingerprint density at radius 2 is 2.20 bits per heavy atom. The highest BCUT2D eigenvalue weighted by Crippen LogP contribution is 2.34. The number of carbonyl (C=O) groups excluding carboxylic acids is 1. The molecule has 7 heteroatoms. The third-order valence-electron chi connectivity index (χ3n) is 2.93. The summed E-state index contributed by atoms with van der Waals surface area (Å²) >= 11 is 5.09. The third-order valence-corrected chi connectivity index (χ3v) is 3.25. The van der Waals surface area contributed by atoms with Crippen molar-refractivity contribution in [3.63, 3.8) is 0 Å². The van der Waals surface area contributed by atoms with Gasteiger partial charge in [-0.05, 0) is 29.9 Å². The van der Waals surface area contributed by atoms with Gasteiger partial charge in [-0.3, -0.25) is 4.79 Å². The van der Waals surface area contributed by atoms with E-state index in [9.17, 15) is 4.79 Å². The first-order valence-corrected chi connectivity index (χ1v) is 6.49. The van der Waals surface area contributed by atoms with Gasteiger partial charge in [0.2, 0.25) is 6.79 Å². The molecular formula is C13H16N2O4S. The fraction of sp³-hybridized carbons (Fsp3) is 0.385. The van der Waals surface area contributed by atoms with Crippen molar-refractivity contribution in [3.8, 4) is 11.5 Å². The Kier molecular flexibility index (Phi) is 4.62. The van der Waals surface area contributed by atoms with Gasteiger partial charge in [-0.25, -0.2) is 0 Å². The summed E-state index contributed by atoms with van der Waals surface area (Å²) in [6.45, 7) is 0.211. The predicted octanol–water partition coefficient (Wildman–Crippen LogP) is 1.11. The highest BCUT2D eigenvalue weighted by molar-refractivity contribution is 7.80. The first-order chi connectivity index (χ1) is 9.63. The molecule has 1 heterocycles. The number of thiocarbonyl (C=S) groups is 1. The zero-order chi connectivity index (χ0) is 14.5. The normalized spacial score (nSPS) is 13.5. The van der Waals surface area contributed by atoms with Gasteiger partial charge in [0, 0.05) is 7.05 Å². The van der Waals surface area contributed by atoms with Crippen molar-refractivity contribution in [1.29, 1.82) is 0 Å². The fourth-order valence-electron chi connectivity index (χ4n) is 1.86. The summed E-state index contributed by atoms with van der Waals surface area (Å²) in [5.41, 5.74) is 0.872. The van der Waals surface area contributed by atoms with Crippen LogP contribution >= 0.6 is 12.2 Å². The summed E-state index contributed by atoms with van der Waals surface area (Å²) in [5.74, 6) is 1.04. The molecule has 1 aliphatic rings. The molecule has 2 rings (SSSR count). The Morgan fingerprint density at radius 1 is 1.45 bits per heavy atom. The van der Waals surface area contributed by atoms with Crippen molar-refractivity contribution < 1.29 is 19.0 Å². The van der Waals surface area contributed by atoms with Gasteiger partial charge in [0.1, 0.15) is 0 Å². The predicted molar refractivity (Wildman–Crippen MR) is 76.7 cm³/mol. The lowest BCUT2D eigenvalue weighted by atomic mass is 10.0. The largest absolute Gasteiger partial charge is 0.469 e. The topological polar surface area (TPSA) is 68.8 Å². The van der Waals surface area contributed by atoms with E-state index >= 15 is 0 Å². The van der Waals surface area contributed by atoms with Crippen LogP contribution in [0.1, 0.15) is 18.0 Å². The number of hydrogen-bond donors (Lipinski definition) is 2. The lowest BCUT2D eigenvalue weighted by Gasteiger charge is -2.19. The molecule has 108 valence electrons. The van der Waals surface area contributed by atoms with E-state index in [2.05, 4.69) is 10.6 Å². The van der Waals surface area contributed by atoms with Crippen LogP contribution in [-0.4, -0.2) is 32.0 Å². The molecule has 0 unspecified atom stereocenters.